The number of rotatable bonds is 7. The molecule has 0 saturated heterocycles. The maximum absolute atomic E-state index is 10.5. The van der Waals surface area contributed by atoms with Gasteiger partial charge in [0.25, 0.3) is 0 Å². The van der Waals surface area contributed by atoms with Gasteiger partial charge in [0.2, 0.25) is 0 Å². The molecule has 3 rings (SSSR count). The van der Waals surface area contributed by atoms with E-state index in [1.807, 2.05) is 0 Å². The highest BCUT2D eigenvalue weighted by molar-refractivity contribution is 5.37. The van der Waals surface area contributed by atoms with Crippen molar-refractivity contribution in [3.05, 3.63) is 47.6 Å². The second-order valence-corrected chi connectivity index (χ2v) is 11.0. The normalized spacial score (nSPS) is 37.4. The Balaban J connectivity index is 1.71. The van der Waals surface area contributed by atoms with Gasteiger partial charge in [0.15, 0.2) is 0 Å². The highest BCUT2D eigenvalue weighted by Crippen LogP contribution is 2.59. The Morgan fingerprint density at radius 3 is 2.61 bits per heavy atom. The number of hydrogen-bond donors (Lipinski definition) is 2. The fourth-order valence-corrected chi connectivity index (χ4v) is 6.81. The van der Waals surface area contributed by atoms with Crippen LogP contribution >= 0.6 is 0 Å². The van der Waals surface area contributed by atoms with Crippen LogP contribution in [0.25, 0.3) is 0 Å². The van der Waals surface area contributed by atoms with Crippen molar-refractivity contribution in [2.45, 2.75) is 104 Å². The van der Waals surface area contributed by atoms with E-state index in [0.29, 0.717) is 29.1 Å². The lowest BCUT2D eigenvalue weighted by Gasteiger charge is -2.44. The van der Waals surface area contributed by atoms with Gasteiger partial charge in [0, 0.05) is 0 Å². The molecule has 3 aliphatic rings. The van der Waals surface area contributed by atoms with Gasteiger partial charge in [-0.1, -0.05) is 70.6 Å². The van der Waals surface area contributed by atoms with E-state index in [2.05, 4.69) is 58.6 Å². The molecule has 7 atom stereocenters. The lowest BCUT2D eigenvalue weighted by atomic mass is 9.61. The van der Waals surface area contributed by atoms with Gasteiger partial charge >= 0.3 is 0 Å². The summed E-state index contributed by atoms with van der Waals surface area (Å²) < 4.78 is 0. The quantitative estimate of drug-likeness (QED) is 0.424. The van der Waals surface area contributed by atoms with E-state index in [1.54, 1.807) is 5.57 Å². The molecule has 2 nitrogen and oxygen atoms in total. The molecule has 3 saturated carbocycles. The fourth-order valence-electron chi connectivity index (χ4n) is 6.81. The lowest BCUT2D eigenvalue weighted by molar-refractivity contribution is 0.110. The lowest BCUT2D eigenvalue weighted by Crippen LogP contribution is -2.35. The Labute approximate surface area is 191 Å². The van der Waals surface area contributed by atoms with Gasteiger partial charge < -0.3 is 10.2 Å². The van der Waals surface area contributed by atoms with Crippen LogP contribution in [0.5, 0.6) is 0 Å². The average Bonchev–Trinajstić information content (AvgIpc) is 3.10. The van der Waals surface area contributed by atoms with Crippen LogP contribution < -0.4 is 0 Å². The molecule has 0 aromatic heterocycles. The molecule has 0 radical (unpaired) electrons. The number of fused-ring (bicyclic) bond motifs is 1. The minimum absolute atomic E-state index is 0.320. The fraction of sp³-hybridized carbons (Fsp3) is 0.724. The monoisotopic (exact) mass is 426 g/mol. The molecule has 5 unspecified atom stereocenters. The molecule has 0 aliphatic heterocycles. The summed E-state index contributed by atoms with van der Waals surface area (Å²) in [5, 5.41) is 20.6. The maximum Gasteiger partial charge on any atom is 0.0787 e. The van der Waals surface area contributed by atoms with Crippen LogP contribution in [-0.2, 0) is 0 Å². The number of hydrogen-bond acceptors (Lipinski definition) is 2. The van der Waals surface area contributed by atoms with Gasteiger partial charge in [-0.2, -0.15) is 0 Å². The summed E-state index contributed by atoms with van der Waals surface area (Å²) in [4.78, 5) is 0. The van der Waals surface area contributed by atoms with E-state index in [9.17, 15) is 10.2 Å². The van der Waals surface area contributed by atoms with Crippen LogP contribution in [0, 0.1) is 29.1 Å². The predicted octanol–water partition coefficient (Wildman–Crippen LogP) is 7.15. The zero-order valence-electron chi connectivity index (χ0n) is 20.4. The molecule has 0 heterocycles. The van der Waals surface area contributed by atoms with Gasteiger partial charge in [-0.3, -0.25) is 0 Å². The molecule has 174 valence electrons. The van der Waals surface area contributed by atoms with E-state index >= 15 is 0 Å². The summed E-state index contributed by atoms with van der Waals surface area (Å²) in [6.45, 7) is 13.4. The highest BCUT2D eigenvalue weighted by atomic mass is 16.3. The second kappa shape index (κ2) is 10.7. The van der Waals surface area contributed by atoms with E-state index in [-0.39, 0.29) is 12.2 Å². The molecule has 31 heavy (non-hydrogen) atoms. The number of allylic oxidation sites excluding steroid dienone is 4. The first-order chi connectivity index (χ1) is 14.8. The Bertz CT molecular complexity index is 714. The summed E-state index contributed by atoms with van der Waals surface area (Å²) >= 11 is 0. The zero-order chi connectivity index (χ0) is 22.6. The van der Waals surface area contributed by atoms with Crippen molar-refractivity contribution in [2.24, 2.45) is 29.1 Å². The SMILES string of the molecule is C=C1/C(=C\C=C2/CCCC3(C)C2CCC3[C@H](C)/C=C/C(O)C(C)CCC)CCC[C@@H]1O. The zero-order valence-corrected chi connectivity index (χ0v) is 20.4. The molecular formula is C29H46O2. The van der Waals surface area contributed by atoms with Gasteiger partial charge in [-0.25, -0.2) is 0 Å². The Morgan fingerprint density at radius 1 is 1.10 bits per heavy atom. The van der Waals surface area contributed by atoms with E-state index in [4.69, 9.17) is 0 Å². The Kier molecular flexibility index (Phi) is 8.44. The molecule has 3 fully saturated rings. The van der Waals surface area contributed by atoms with Crippen LogP contribution in [0.1, 0.15) is 91.9 Å². The standard InChI is InChI=1S/C29H46O2/c1-6-9-21(3)27(30)18-13-20(2)25-16-17-26-24(11-8-19-29(25,26)5)15-14-23-10-7-12-28(31)22(23)4/h13-15,18,20-21,25-28,30-31H,4,6-12,16-17,19H2,1-3,5H3/b18-13+,23-14-,24-15+/t20-,21?,25?,26?,27?,28+,29?/m1/s1. The summed E-state index contributed by atoms with van der Waals surface area (Å²) in [6, 6.07) is 0. The molecule has 3 aliphatic carbocycles. The van der Waals surface area contributed by atoms with Crippen molar-refractivity contribution in [3.8, 4) is 0 Å². The smallest absolute Gasteiger partial charge is 0.0787 e. The van der Waals surface area contributed by atoms with Gasteiger partial charge in [0.1, 0.15) is 0 Å². The van der Waals surface area contributed by atoms with E-state index < -0.39 is 0 Å². The van der Waals surface area contributed by atoms with Crippen molar-refractivity contribution < 1.29 is 10.2 Å². The highest BCUT2D eigenvalue weighted by Gasteiger charge is 2.50. The Morgan fingerprint density at radius 2 is 1.87 bits per heavy atom. The maximum atomic E-state index is 10.5. The third kappa shape index (κ3) is 5.45. The number of aliphatic hydroxyl groups excluding tert-OH is 2. The van der Waals surface area contributed by atoms with Crippen LogP contribution in [-0.4, -0.2) is 22.4 Å². The van der Waals surface area contributed by atoms with Crippen molar-refractivity contribution in [2.75, 3.05) is 0 Å². The second-order valence-electron chi connectivity index (χ2n) is 11.0. The van der Waals surface area contributed by atoms with Crippen molar-refractivity contribution in [3.63, 3.8) is 0 Å². The van der Waals surface area contributed by atoms with E-state index in [1.165, 1.54) is 37.7 Å². The topological polar surface area (TPSA) is 40.5 Å². The third-order valence-electron chi connectivity index (χ3n) is 8.85. The van der Waals surface area contributed by atoms with Crippen LogP contribution in [0.3, 0.4) is 0 Å². The average molecular weight is 427 g/mol. The van der Waals surface area contributed by atoms with Crippen LogP contribution in [0.2, 0.25) is 0 Å². The van der Waals surface area contributed by atoms with Crippen molar-refractivity contribution in [1.82, 2.24) is 0 Å². The van der Waals surface area contributed by atoms with Gasteiger partial charge in [-0.15, -0.1) is 0 Å². The third-order valence-corrected chi connectivity index (χ3v) is 8.85. The molecule has 0 aromatic rings. The largest absolute Gasteiger partial charge is 0.389 e. The molecule has 0 amide bonds. The summed E-state index contributed by atoms with van der Waals surface area (Å²) in [7, 11) is 0. The molecule has 0 aromatic carbocycles. The van der Waals surface area contributed by atoms with Crippen LogP contribution in [0.15, 0.2) is 47.6 Å². The van der Waals surface area contributed by atoms with Crippen LogP contribution in [0.4, 0.5) is 0 Å². The Hall–Kier alpha value is -1.12. The first kappa shape index (κ1) is 24.5. The molecule has 2 heteroatoms. The number of aliphatic hydroxyl groups is 2. The molecular weight excluding hydrogens is 380 g/mol. The van der Waals surface area contributed by atoms with Gasteiger partial charge in [0.05, 0.1) is 12.2 Å². The van der Waals surface area contributed by atoms with Gasteiger partial charge in [-0.05, 0) is 98.0 Å². The van der Waals surface area contributed by atoms with Crippen molar-refractivity contribution in [1.29, 1.82) is 0 Å². The summed E-state index contributed by atoms with van der Waals surface area (Å²) in [5.41, 5.74) is 4.15. The minimum atomic E-state index is -0.353. The predicted molar refractivity (Wildman–Crippen MR) is 132 cm³/mol. The molecule has 2 N–H and O–H groups in total. The molecule has 0 spiro atoms. The summed E-state index contributed by atoms with van der Waals surface area (Å²) in [5.74, 6) is 2.20. The van der Waals surface area contributed by atoms with Crippen molar-refractivity contribution >= 4 is 0 Å². The summed E-state index contributed by atoms with van der Waals surface area (Å²) in [6.07, 6.45) is 19.9. The minimum Gasteiger partial charge on any atom is -0.389 e. The molecule has 0 bridgehead atoms. The first-order valence-electron chi connectivity index (χ1n) is 12.9. The van der Waals surface area contributed by atoms with E-state index in [0.717, 1.165) is 37.7 Å². The first-order valence-corrected chi connectivity index (χ1v) is 12.9.